The van der Waals surface area contributed by atoms with Crippen LogP contribution in [0, 0.1) is 5.41 Å². The topological polar surface area (TPSA) is 51.0 Å². The molecule has 4 heteroatoms. The lowest BCUT2D eigenvalue weighted by Gasteiger charge is -2.17. The molecule has 1 aliphatic carbocycles. The molecule has 1 aliphatic rings. The highest BCUT2D eigenvalue weighted by Gasteiger charge is 2.29. The van der Waals surface area contributed by atoms with E-state index in [0.29, 0.717) is 11.9 Å². The average Bonchev–Trinajstić information content (AvgIpc) is 2.81. The Morgan fingerprint density at radius 2 is 2.14 bits per heavy atom. The van der Waals surface area contributed by atoms with Gasteiger partial charge in [0.1, 0.15) is 0 Å². The van der Waals surface area contributed by atoms with Gasteiger partial charge in [-0.2, -0.15) is 4.98 Å². The van der Waals surface area contributed by atoms with E-state index in [9.17, 15) is 0 Å². The van der Waals surface area contributed by atoms with Gasteiger partial charge in [-0.05, 0) is 23.4 Å². The SMILES string of the molecule is CC(C)(C)CNc1noc(C2CC2)n1. The molecular formula is C10H17N3O. The second-order valence-electron chi connectivity index (χ2n) is 5.14. The van der Waals surface area contributed by atoms with E-state index >= 15 is 0 Å². The Bertz CT molecular complexity index is 309. The Balaban J connectivity index is 1.90. The van der Waals surface area contributed by atoms with E-state index in [4.69, 9.17) is 4.52 Å². The van der Waals surface area contributed by atoms with E-state index in [-0.39, 0.29) is 5.41 Å². The first-order valence-corrected chi connectivity index (χ1v) is 5.12. The van der Waals surface area contributed by atoms with Gasteiger partial charge >= 0.3 is 0 Å². The van der Waals surface area contributed by atoms with E-state index in [1.807, 2.05) is 0 Å². The Morgan fingerprint density at radius 3 is 2.71 bits per heavy atom. The molecule has 0 saturated heterocycles. The van der Waals surface area contributed by atoms with Crippen molar-refractivity contribution in [2.45, 2.75) is 39.5 Å². The van der Waals surface area contributed by atoms with E-state index < -0.39 is 0 Å². The number of nitrogens with one attached hydrogen (secondary N) is 1. The lowest BCUT2D eigenvalue weighted by Crippen LogP contribution is -2.19. The van der Waals surface area contributed by atoms with Crippen LogP contribution in [0.2, 0.25) is 0 Å². The Morgan fingerprint density at radius 1 is 1.43 bits per heavy atom. The van der Waals surface area contributed by atoms with Crippen LogP contribution in [-0.4, -0.2) is 16.7 Å². The van der Waals surface area contributed by atoms with Crippen molar-refractivity contribution in [1.29, 1.82) is 0 Å². The fraction of sp³-hybridized carbons (Fsp3) is 0.800. The van der Waals surface area contributed by atoms with Gasteiger partial charge in [0, 0.05) is 12.5 Å². The summed E-state index contributed by atoms with van der Waals surface area (Å²) in [4.78, 5) is 4.29. The minimum absolute atomic E-state index is 0.236. The molecule has 0 atom stereocenters. The molecule has 0 bridgehead atoms. The molecule has 4 nitrogen and oxygen atoms in total. The van der Waals surface area contributed by atoms with E-state index in [1.54, 1.807) is 0 Å². The van der Waals surface area contributed by atoms with Gasteiger partial charge in [0.05, 0.1) is 0 Å². The monoisotopic (exact) mass is 195 g/mol. The van der Waals surface area contributed by atoms with Crippen molar-refractivity contribution in [3.8, 4) is 0 Å². The lowest BCUT2D eigenvalue weighted by atomic mass is 9.97. The molecule has 0 spiro atoms. The van der Waals surface area contributed by atoms with Gasteiger partial charge in [0.15, 0.2) is 0 Å². The maximum Gasteiger partial charge on any atom is 0.263 e. The third-order valence-corrected chi connectivity index (χ3v) is 2.15. The van der Waals surface area contributed by atoms with Crippen LogP contribution in [0.3, 0.4) is 0 Å². The van der Waals surface area contributed by atoms with Crippen molar-refractivity contribution in [3.05, 3.63) is 5.89 Å². The van der Waals surface area contributed by atoms with Crippen molar-refractivity contribution >= 4 is 5.95 Å². The van der Waals surface area contributed by atoms with Crippen LogP contribution in [0.4, 0.5) is 5.95 Å². The summed E-state index contributed by atoms with van der Waals surface area (Å²) in [5.41, 5.74) is 0.236. The molecule has 0 aliphatic heterocycles. The van der Waals surface area contributed by atoms with Gasteiger partial charge in [0.2, 0.25) is 5.89 Å². The van der Waals surface area contributed by atoms with Crippen LogP contribution in [0.15, 0.2) is 4.52 Å². The molecule has 78 valence electrons. The van der Waals surface area contributed by atoms with Gasteiger partial charge in [0.25, 0.3) is 5.95 Å². The van der Waals surface area contributed by atoms with Gasteiger partial charge in [-0.15, -0.1) is 0 Å². The number of hydrogen-bond acceptors (Lipinski definition) is 4. The van der Waals surface area contributed by atoms with Gasteiger partial charge < -0.3 is 9.84 Å². The predicted molar refractivity (Wildman–Crippen MR) is 54.2 cm³/mol. The normalized spacial score (nSPS) is 17.1. The summed E-state index contributed by atoms with van der Waals surface area (Å²) >= 11 is 0. The number of anilines is 1. The Hall–Kier alpha value is -1.06. The number of aromatic nitrogens is 2. The molecular weight excluding hydrogens is 178 g/mol. The highest BCUT2D eigenvalue weighted by Crippen LogP contribution is 2.39. The largest absolute Gasteiger partial charge is 0.351 e. The summed E-state index contributed by atoms with van der Waals surface area (Å²) in [5.74, 6) is 1.95. The van der Waals surface area contributed by atoms with Crippen molar-refractivity contribution in [1.82, 2.24) is 10.1 Å². The summed E-state index contributed by atoms with van der Waals surface area (Å²) in [5, 5.41) is 7.05. The van der Waals surface area contributed by atoms with E-state index in [2.05, 4.69) is 36.2 Å². The molecule has 0 radical (unpaired) electrons. The molecule has 1 fully saturated rings. The lowest BCUT2D eigenvalue weighted by molar-refractivity contribution is 0.378. The summed E-state index contributed by atoms with van der Waals surface area (Å²) in [6.07, 6.45) is 2.39. The Kier molecular flexibility index (Phi) is 2.21. The molecule has 14 heavy (non-hydrogen) atoms. The van der Waals surface area contributed by atoms with Crippen molar-refractivity contribution < 1.29 is 4.52 Å². The van der Waals surface area contributed by atoms with Crippen LogP contribution in [-0.2, 0) is 0 Å². The first kappa shape index (κ1) is 9.49. The molecule has 0 aromatic carbocycles. The number of nitrogens with zero attached hydrogens (tertiary/aromatic N) is 2. The molecule has 1 aromatic rings. The fourth-order valence-corrected chi connectivity index (χ4v) is 1.15. The molecule has 1 N–H and O–H groups in total. The minimum atomic E-state index is 0.236. The second kappa shape index (κ2) is 3.26. The smallest absolute Gasteiger partial charge is 0.263 e. The quantitative estimate of drug-likeness (QED) is 0.804. The molecule has 1 heterocycles. The third-order valence-electron chi connectivity index (χ3n) is 2.15. The molecule has 0 amide bonds. The Labute approximate surface area is 84.1 Å². The third kappa shape index (κ3) is 2.47. The maximum absolute atomic E-state index is 5.13. The molecule has 1 aromatic heterocycles. The van der Waals surface area contributed by atoms with Gasteiger partial charge in [-0.25, -0.2) is 0 Å². The molecule has 1 saturated carbocycles. The highest BCUT2D eigenvalue weighted by molar-refractivity contribution is 5.23. The van der Waals surface area contributed by atoms with E-state index in [1.165, 1.54) is 12.8 Å². The zero-order valence-corrected chi connectivity index (χ0v) is 9.00. The van der Waals surface area contributed by atoms with Crippen LogP contribution in [0.1, 0.15) is 45.4 Å². The van der Waals surface area contributed by atoms with Crippen molar-refractivity contribution in [3.63, 3.8) is 0 Å². The zero-order chi connectivity index (χ0) is 10.2. The summed E-state index contributed by atoms with van der Waals surface area (Å²) in [6, 6.07) is 0. The van der Waals surface area contributed by atoms with Crippen LogP contribution >= 0.6 is 0 Å². The molecule has 2 rings (SSSR count). The average molecular weight is 195 g/mol. The minimum Gasteiger partial charge on any atom is -0.351 e. The first-order chi connectivity index (χ1) is 6.54. The van der Waals surface area contributed by atoms with Crippen LogP contribution < -0.4 is 5.32 Å². The van der Waals surface area contributed by atoms with Crippen molar-refractivity contribution in [2.75, 3.05) is 11.9 Å². The van der Waals surface area contributed by atoms with E-state index in [0.717, 1.165) is 12.4 Å². The summed E-state index contributed by atoms with van der Waals surface area (Å²) in [6.45, 7) is 7.36. The predicted octanol–water partition coefficient (Wildman–Crippen LogP) is 2.41. The fourth-order valence-electron chi connectivity index (χ4n) is 1.15. The maximum atomic E-state index is 5.13. The summed E-state index contributed by atoms with van der Waals surface area (Å²) < 4.78 is 5.13. The first-order valence-electron chi connectivity index (χ1n) is 5.12. The highest BCUT2D eigenvalue weighted by atomic mass is 16.5. The second-order valence-corrected chi connectivity index (χ2v) is 5.14. The van der Waals surface area contributed by atoms with Crippen LogP contribution in [0.5, 0.6) is 0 Å². The van der Waals surface area contributed by atoms with Crippen LogP contribution in [0.25, 0.3) is 0 Å². The standard InChI is InChI=1S/C10H17N3O/c1-10(2,3)6-11-9-12-8(14-13-9)7-4-5-7/h7H,4-6H2,1-3H3,(H,11,13). The summed E-state index contributed by atoms with van der Waals surface area (Å²) in [7, 11) is 0. The number of rotatable bonds is 3. The molecule has 0 unspecified atom stereocenters. The van der Waals surface area contributed by atoms with Gasteiger partial charge in [-0.3, -0.25) is 0 Å². The zero-order valence-electron chi connectivity index (χ0n) is 9.00. The van der Waals surface area contributed by atoms with Gasteiger partial charge in [-0.1, -0.05) is 20.8 Å². The van der Waals surface area contributed by atoms with Crippen molar-refractivity contribution in [2.24, 2.45) is 5.41 Å². The number of hydrogen-bond donors (Lipinski definition) is 1.